The van der Waals surface area contributed by atoms with Crippen molar-refractivity contribution in [3.63, 3.8) is 0 Å². The van der Waals surface area contributed by atoms with E-state index in [0.29, 0.717) is 6.04 Å². The van der Waals surface area contributed by atoms with Gasteiger partial charge < -0.3 is 20.0 Å². The van der Waals surface area contributed by atoms with Crippen molar-refractivity contribution in [2.45, 2.75) is 37.3 Å². The van der Waals surface area contributed by atoms with Crippen molar-refractivity contribution in [2.75, 3.05) is 20.6 Å². The summed E-state index contributed by atoms with van der Waals surface area (Å²) in [5.74, 6) is -5.35. The Hall–Kier alpha value is -3.20. The van der Waals surface area contributed by atoms with E-state index in [9.17, 15) is 31.1 Å². The summed E-state index contributed by atoms with van der Waals surface area (Å²) in [6.07, 6.45) is -4.60. The molecule has 1 aliphatic rings. The van der Waals surface area contributed by atoms with Crippen LogP contribution in [-0.2, 0) is 16.0 Å². The van der Waals surface area contributed by atoms with E-state index < -0.39 is 24.3 Å². The maximum Gasteiger partial charge on any atom is 0.490 e. The fourth-order valence-corrected chi connectivity index (χ4v) is 3.92. The van der Waals surface area contributed by atoms with Gasteiger partial charge in [0.1, 0.15) is 0 Å². The van der Waals surface area contributed by atoms with Gasteiger partial charge >= 0.3 is 24.3 Å². The Morgan fingerprint density at radius 1 is 1.06 bits per heavy atom. The number of carbonyl (C=O) groups excluding carboxylic acids is 1. The number of aromatic nitrogens is 1. The fourth-order valence-electron chi connectivity index (χ4n) is 3.24. The van der Waals surface area contributed by atoms with Crippen LogP contribution in [0.4, 0.5) is 26.3 Å². The summed E-state index contributed by atoms with van der Waals surface area (Å²) in [6, 6.07) is 8.49. The van der Waals surface area contributed by atoms with Gasteiger partial charge in [-0.15, -0.1) is 11.3 Å². The van der Waals surface area contributed by atoms with E-state index in [2.05, 4.69) is 30.0 Å². The normalized spacial score (nSPS) is 17.5. The number of rotatable bonds is 4. The molecule has 0 aromatic carbocycles. The van der Waals surface area contributed by atoms with Gasteiger partial charge in [0.25, 0.3) is 5.91 Å². The van der Waals surface area contributed by atoms with Crippen molar-refractivity contribution in [3.05, 3.63) is 52.5 Å². The smallest absolute Gasteiger partial charge is 0.475 e. The molecule has 3 heterocycles. The summed E-state index contributed by atoms with van der Waals surface area (Å²) < 4.78 is 63.5. The molecule has 2 atom stereocenters. The lowest BCUT2D eigenvalue weighted by molar-refractivity contribution is -0.193. The van der Waals surface area contributed by atoms with Gasteiger partial charge in [0.2, 0.25) is 0 Å². The quantitative estimate of drug-likeness (QED) is 0.565. The standard InChI is InChI=1S/C17H21N3OS.2C2HF3O2/c1-19(2)14-7-9-20(17(21)16-6-4-10-22-16)15(14)11-13-5-3-8-18-12-13;2*3-2(4,5)1(6)7/h3-6,8,10,12,14-15H,7,9,11H2,1-2H3;2*(H,6,7)/t14-,15+;;/m1../s1. The highest BCUT2D eigenvalue weighted by atomic mass is 32.1. The SMILES string of the molecule is CN(C)[C@@H]1CCN(C(=O)c2cccs2)[C@H]1Cc1cccnc1.O=C(O)C(F)(F)F.O=C(O)C(F)(F)F. The average molecular weight is 543 g/mol. The number of hydrogen-bond acceptors (Lipinski definition) is 6. The van der Waals surface area contributed by atoms with E-state index in [1.165, 1.54) is 16.9 Å². The molecule has 8 nitrogen and oxygen atoms in total. The zero-order valence-corrected chi connectivity index (χ0v) is 19.8. The van der Waals surface area contributed by atoms with E-state index in [-0.39, 0.29) is 11.9 Å². The van der Waals surface area contributed by atoms with E-state index in [0.717, 1.165) is 24.3 Å². The molecule has 2 aromatic rings. The molecule has 36 heavy (non-hydrogen) atoms. The van der Waals surface area contributed by atoms with Crippen LogP contribution in [0.5, 0.6) is 0 Å². The minimum Gasteiger partial charge on any atom is -0.475 e. The fraction of sp³-hybridized carbons (Fsp3) is 0.429. The molecular weight excluding hydrogens is 520 g/mol. The van der Waals surface area contributed by atoms with Crippen LogP contribution in [0.1, 0.15) is 21.7 Å². The molecule has 0 spiro atoms. The van der Waals surface area contributed by atoms with Gasteiger partial charge in [-0.05, 0) is 50.0 Å². The molecule has 1 fully saturated rings. The third kappa shape index (κ3) is 9.81. The maximum absolute atomic E-state index is 12.8. The molecule has 200 valence electrons. The van der Waals surface area contributed by atoms with Crippen molar-refractivity contribution < 1.29 is 50.9 Å². The van der Waals surface area contributed by atoms with Crippen LogP contribution in [0.15, 0.2) is 42.0 Å². The molecule has 1 amide bonds. The number of carbonyl (C=O) groups is 3. The molecule has 15 heteroatoms. The van der Waals surface area contributed by atoms with Crippen LogP contribution in [0.2, 0.25) is 0 Å². The number of pyridine rings is 1. The number of likely N-dealkylation sites (tertiary alicyclic amines) is 1. The van der Waals surface area contributed by atoms with Crippen LogP contribution in [0.3, 0.4) is 0 Å². The number of halogens is 6. The Bertz CT molecular complexity index is 960. The second-order valence-corrected chi connectivity index (χ2v) is 8.48. The lowest BCUT2D eigenvalue weighted by Gasteiger charge is -2.31. The maximum atomic E-state index is 12.8. The first-order chi connectivity index (χ1) is 16.6. The Labute approximate surface area is 205 Å². The number of thiophene rings is 1. The Morgan fingerprint density at radius 2 is 1.61 bits per heavy atom. The van der Waals surface area contributed by atoms with Crippen molar-refractivity contribution in [1.82, 2.24) is 14.8 Å². The van der Waals surface area contributed by atoms with Crippen molar-refractivity contribution >= 4 is 29.2 Å². The largest absolute Gasteiger partial charge is 0.490 e. The van der Waals surface area contributed by atoms with Crippen molar-refractivity contribution in [1.29, 1.82) is 0 Å². The molecule has 0 aliphatic carbocycles. The zero-order valence-electron chi connectivity index (χ0n) is 19.0. The minimum absolute atomic E-state index is 0.160. The van der Waals surface area contributed by atoms with Gasteiger partial charge in [0.15, 0.2) is 0 Å². The number of alkyl halides is 6. The lowest BCUT2D eigenvalue weighted by Crippen LogP contribution is -2.45. The van der Waals surface area contributed by atoms with Crippen LogP contribution in [0.25, 0.3) is 0 Å². The number of hydrogen-bond donors (Lipinski definition) is 2. The van der Waals surface area contributed by atoms with Gasteiger partial charge in [-0.3, -0.25) is 9.78 Å². The van der Waals surface area contributed by atoms with Crippen LogP contribution in [-0.4, -0.2) is 87.9 Å². The van der Waals surface area contributed by atoms with Gasteiger partial charge in [0.05, 0.1) is 10.9 Å². The Balaban J connectivity index is 0.000000383. The van der Waals surface area contributed by atoms with Crippen molar-refractivity contribution in [2.24, 2.45) is 0 Å². The van der Waals surface area contributed by atoms with Gasteiger partial charge in [-0.2, -0.15) is 26.3 Å². The summed E-state index contributed by atoms with van der Waals surface area (Å²) in [5.41, 5.74) is 1.19. The van der Waals surface area contributed by atoms with Gasteiger partial charge in [-0.25, -0.2) is 9.59 Å². The van der Waals surface area contributed by atoms with E-state index in [4.69, 9.17) is 19.8 Å². The third-order valence-electron chi connectivity index (χ3n) is 4.82. The van der Waals surface area contributed by atoms with Crippen LogP contribution in [0, 0.1) is 0 Å². The molecule has 1 saturated heterocycles. The van der Waals surface area contributed by atoms with Crippen LogP contribution < -0.4 is 0 Å². The molecule has 1 aliphatic heterocycles. The van der Waals surface area contributed by atoms with Gasteiger partial charge in [0, 0.05) is 25.0 Å². The topological polar surface area (TPSA) is 111 Å². The number of likely N-dealkylation sites (N-methyl/N-ethyl adjacent to an activating group) is 1. The molecule has 0 saturated carbocycles. The summed E-state index contributed by atoms with van der Waals surface area (Å²) >= 11 is 1.52. The molecule has 0 radical (unpaired) electrons. The number of nitrogens with zero attached hydrogens (tertiary/aromatic N) is 3. The molecule has 0 bridgehead atoms. The highest BCUT2D eigenvalue weighted by Crippen LogP contribution is 2.27. The third-order valence-corrected chi connectivity index (χ3v) is 5.68. The highest BCUT2D eigenvalue weighted by molar-refractivity contribution is 7.12. The van der Waals surface area contributed by atoms with E-state index in [1.807, 2.05) is 34.7 Å². The summed E-state index contributed by atoms with van der Waals surface area (Å²) in [6.45, 7) is 0.824. The number of carboxylic acid groups (broad SMARTS) is 2. The predicted octanol–water partition coefficient (Wildman–Crippen LogP) is 3.80. The zero-order chi connectivity index (χ0) is 27.7. The number of aliphatic carboxylic acids is 2. The summed E-state index contributed by atoms with van der Waals surface area (Å²) in [4.78, 5) is 39.9. The monoisotopic (exact) mass is 543 g/mol. The molecule has 2 N–H and O–H groups in total. The molecule has 2 aromatic heterocycles. The summed E-state index contributed by atoms with van der Waals surface area (Å²) in [5, 5.41) is 16.2. The first-order valence-corrected chi connectivity index (χ1v) is 10.9. The molecular formula is C21H23F6N3O5S. The highest BCUT2D eigenvalue weighted by Gasteiger charge is 2.39. The Morgan fingerprint density at radius 3 is 2.00 bits per heavy atom. The number of carboxylic acids is 2. The van der Waals surface area contributed by atoms with Crippen molar-refractivity contribution in [3.8, 4) is 0 Å². The van der Waals surface area contributed by atoms with E-state index in [1.54, 1.807) is 6.20 Å². The lowest BCUT2D eigenvalue weighted by atomic mass is 10.0. The predicted molar refractivity (Wildman–Crippen MR) is 117 cm³/mol. The summed E-state index contributed by atoms with van der Waals surface area (Å²) in [7, 11) is 4.19. The first kappa shape index (κ1) is 30.8. The second-order valence-electron chi connectivity index (χ2n) is 7.53. The number of amides is 1. The second kappa shape index (κ2) is 13.2. The minimum atomic E-state index is -5.08. The Kier molecular flexibility index (Phi) is 11.3. The van der Waals surface area contributed by atoms with Crippen LogP contribution >= 0.6 is 11.3 Å². The van der Waals surface area contributed by atoms with E-state index >= 15 is 0 Å². The first-order valence-electron chi connectivity index (χ1n) is 10.1. The average Bonchev–Trinajstić information content (AvgIpc) is 3.44. The molecule has 3 rings (SSSR count). The molecule has 0 unspecified atom stereocenters. The van der Waals surface area contributed by atoms with Gasteiger partial charge in [-0.1, -0.05) is 12.1 Å².